The van der Waals surface area contributed by atoms with E-state index in [0.717, 1.165) is 0 Å². The van der Waals surface area contributed by atoms with E-state index in [1.54, 1.807) is 25.1 Å². The Labute approximate surface area is 158 Å². The van der Waals surface area contributed by atoms with Gasteiger partial charge in [-0.05, 0) is 53.3 Å². The molecule has 25 heavy (non-hydrogen) atoms. The fourth-order valence-corrected chi connectivity index (χ4v) is 2.37. The van der Waals surface area contributed by atoms with Gasteiger partial charge in [0, 0.05) is 12.0 Å². The maximum Gasteiger partial charge on any atom is 0.306 e. The van der Waals surface area contributed by atoms with Gasteiger partial charge in [-0.1, -0.05) is 0 Å². The Kier molecular flexibility index (Phi) is 8.86. The van der Waals surface area contributed by atoms with Crippen LogP contribution in [0, 0.1) is 0 Å². The summed E-state index contributed by atoms with van der Waals surface area (Å²) in [5.41, 5.74) is 5.12. The number of nitrogens with one attached hydrogen (secondary N) is 3. The molecule has 8 nitrogen and oxygen atoms in total. The molecule has 0 aliphatic carbocycles. The van der Waals surface area contributed by atoms with Gasteiger partial charge in [-0.3, -0.25) is 25.2 Å². The number of esters is 1. The molecule has 0 saturated heterocycles. The monoisotopic (exact) mass is 431 g/mol. The smallest absolute Gasteiger partial charge is 0.306 e. The Morgan fingerprint density at radius 2 is 1.92 bits per heavy atom. The summed E-state index contributed by atoms with van der Waals surface area (Å²) in [6.45, 7) is 1.94. The lowest BCUT2D eigenvalue weighted by Crippen LogP contribution is -2.48. The van der Waals surface area contributed by atoms with Crippen LogP contribution in [0.25, 0.3) is 0 Å². The van der Waals surface area contributed by atoms with Gasteiger partial charge in [-0.2, -0.15) is 0 Å². The highest BCUT2D eigenvalue weighted by molar-refractivity contribution is 9.10. The van der Waals surface area contributed by atoms with Crippen molar-refractivity contribution in [2.45, 2.75) is 19.8 Å². The van der Waals surface area contributed by atoms with Gasteiger partial charge >= 0.3 is 5.97 Å². The number of methoxy groups -OCH3 is 1. The molecule has 1 rings (SSSR count). The zero-order chi connectivity index (χ0) is 18.8. The minimum Gasteiger partial charge on any atom is -0.496 e. The second-order valence-corrected chi connectivity index (χ2v) is 5.87. The van der Waals surface area contributed by atoms with Crippen LogP contribution in [0.4, 0.5) is 0 Å². The van der Waals surface area contributed by atoms with E-state index >= 15 is 0 Å². The molecule has 0 spiro atoms. The van der Waals surface area contributed by atoms with Crippen LogP contribution in [-0.2, 0) is 14.3 Å². The van der Waals surface area contributed by atoms with Gasteiger partial charge in [-0.25, -0.2) is 0 Å². The zero-order valence-electron chi connectivity index (χ0n) is 13.7. The van der Waals surface area contributed by atoms with Gasteiger partial charge in [0.1, 0.15) is 5.75 Å². The van der Waals surface area contributed by atoms with Crippen molar-refractivity contribution in [2.24, 2.45) is 0 Å². The molecule has 0 aliphatic rings. The van der Waals surface area contributed by atoms with Crippen molar-refractivity contribution >= 4 is 51.0 Å². The van der Waals surface area contributed by atoms with Crippen LogP contribution < -0.4 is 20.9 Å². The van der Waals surface area contributed by atoms with Crippen molar-refractivity contribution in [2.75, 3.05) is 13.7 Å². The molecule has 2 amide bonds. The van der Waals surface area contributed by atoms with Crippen molar-refractivity contribution in [3.05, 3.63) is 28.2 Å². The van der Waals surface area contributed by atoms with Crippen molar-refractivity contribution in [3.8, 4) is 5.75 Å². The molecule has 3 N–H and O–H groups in total. The van der Waals surface area contributed by atoms with E-state index in [4.69, 9.17) is 21.7 Å². The molecule has 0 aromatic heterocycles. The van der Waals surface area contributed by atoms with Crippen LogP contribution in [-0.4, -0.2) is 36.6 Å². The number of hydrogen-bond acceptors (Lipinski definition) is 6. The third-order valence-electron chi connectivity index (χ3n) is 2.82. The number of carbonyl (C=O) groups excluding carboxylic acids is 3. The summed E-state index contributed by atoms with van der Waals surface area (Å²) in [6.07, 6.45) is -0.117. The van der Waals surface area contributed by atoms with Crippen LogP contribution in [0.2, 0.25) is 0 Å². The number of amides is 2. The van der Waals surface area contributed by atoms with Gasteiger partial charge in [0.05, 0.1) is 24.6 Å². The summed E-state index contributed by atoms with van der Waals surface area (Å²) in [5.74, 6) is -0.790. The van der Waals surface area contributed by atoms with Crippen LogP contribution in [0.1, 0.15) is 30.1 Å². The molecule has 1 aromatic rings. The van der Waals surface area contributed by atoms with Gasteiger partial charge in [0.2, 0.25) is 5.91 Å². The van der Waals surface area contributed by atoms with Crippen LogP contribution in [0.5, 0.6) is 5.75 Å². The summed E-state index contributed by atoms with van der Waals surface area (Å²) < 4.78 is 10.4. The molecule has 0 saturated carbocycles. The Morgan fingerprint density at radius 1 is 1.20 bits per heavy atom. The first-order chi connectivity index (χ1) is 11.9. The van der Waals surface area contributed by atoms with Gasteiger partial charge < -0.3 is 14.8 Å². The Bertz CT molecular complexity index is 669. The first-order valence-electron chi connectivity index (χ1n) is 7.26. The third-order valence-corrected chi connectivity index (χ3v) is 3.64. The summed E-state index contributed by atoms with van der Waals surface area (Å²) in [7, 11) is 1.52. The number of benzene rings is 1. The van der Waals surface area contributed by atoms with Gasteiger partial charge in [0.15, 0.2) is 5.11 Å². The lowest BCUT2D eigenvalue weighted by atomic mass is 10.2. The van der Waals surface area contributed by atoms with Crippen molar-refractivity contribution in [1.29, 1.82) is 0 Å². The van der Waals surface area contributed by atoms with E-state index in [9.17, 15) is 14.4 Å². The fraction of sp³-hybridized carbons (Fsp3) is 0.333. The molecule has 0 bridgehead atoms. The predicted molar refractivity (Wildman–Crippen MR) is 97.9 cm³/mol. The number of carbonyl (C=O) groups is 3. The topological polar surface area (TPSA) is 106 Å². The molecule has 10 heteroatoms. The molecule has 1 aromatic carbocycles. The number of ether oxygens (including phenoxy) is 2. The van der Waals surface area contributed by atoms with Gasteiger partial charge in [0.25, 0.3) is 5.91 Å². The summed E-state index contributed by atoms with van der Waals surface area (Å²) in [5, 5.41) is 2.26. The standard InChI is InChI=1S/C15H18BrN3O5S/c1-3-24-13(21)7-6-12(20)17-15(25)19-18-14(22)9-4-5-11(23-2)10(16)8-9/h4-5,8H,3,6-7H2,1-2H3,(H,18,22)(H2,17,19,20,25). The molecular weight excluding hydrogens is 414 g/mol. The van der Waals surface area contributed by atoms with Crippen LogP contribution in [0.3, 0.4) is 0 Å². The third kappa shape index (κ3) is 7.48. The Hall–Kier alpha value is -2.20. The van der Waals surface area contributed by atoms with Gasteiger partial charge in [-0.15, -0.1) is 0 Å². The van der Waals surface area contributed by atoms with Crippen molar-refractivity contribution < 1.29 is 23.9 Å². The highest BCUT2D eigenvalue weighted by Crippen LogP contribution is 2.25. The van der Waals surface area contributed by atoms with E-state index in [0.29, 0.717) is 15.8 Å². The minimum atomic E-state index is -0.466. The fourth-order valence-electron chi connectivity index (χ4n) is 1.66. The molecule has 0 heterocycles. The number of halogens is 1. The van der Waals surface area contributed by atoms with E-state index in [1.165, 1.54) is 7.11 Å². The SMILES string of the molecule is CCOC(=O)CCC(=O)NC(=S)NNC(=O)c1ccc(OC)c(Br)c1. The normalized spacial score (nSPS) is 9.72. The van der Waals surface area contributed by atoms with E-state index in [1.807, 2.05) is 0 Å². The second-order valence-electron chi connectivity index (χ2n) is 4.61. The van der Waals surface area contributed by atoms with Crippen molar-refractivity contribution in [3.63, 3.8) is 0 Å². The summed E-state index contributed by atoms with van der Waals surface area (Å²) >= 11 is 8.17. The quantitative estimate of drug-likeness (QED) is 0.355. The molecule has 0 fully saturated rings. The molecule has 0 aliphatic heterocycles. The average molecular weight is 432 g/mol. The van der Waals surface area contributed by atoms with E-state index in [2.05, 4.69) is 32.1 Å². The number of rotatable bonds is 6. The molecule has 136 valence electrons. The zero-order valence-corrected chi connectivity index (χ0v) is 16.1. The number of hydrogen-bond donors (Lipinski definition) is 3. The maximum absolute atomic E-state index is 12.0. The van der Waals surface area contributed by atoms with E-state index in [-0.39, 0.29) is 24.6 Å². The Morgan fingerprint density at radius 3 is 2.52 bits per heavy atom. The highest BCUT2D eigenvalue weighted by atomic mass is 79.9. The Balaban J connectivity index is 2.40. The first-order valence-corrected chi connectivity index (χ1v) is 8.46. The summed E-state index contributed by atoms with van der Waals surface area (Å²) in [6, 6.07) is 4.78. The second kappa shape index (κ2) is 10.6. The van der Waals surface area contributed by atoms with Crippen LogP contribution in [0.15, 0.2) is 22.7 Å². The van der Waals surface area contributed by atoms with Crippen LogP contribution >= 0.6 is 28.1 Å². The molecular formula is C15H18BrN3O5S. The largest absolute Gasteiger partial charge is 0.496 e. The maximum atomic E-state index is 12.0. The lowest BCUT2D eigenvalue weighted by Gasteiger charge is -2.11. The van der Waals surface area contributed by atoms with Crippen molar-refractivity contribution in [1.82, 2.24) is 16.2 Å². The number of hydrazine groups is 1. The lowest BCUT2D eigenvalue weighted by molar-refractivity contribution is -0.144. The number of thiocarbonyl (C=S) groups is 1. The molecule has 0 radical (unpaired) electrons. The highest BCUT2D eigenvalue weighted by Gasteiger charge is 2.11. The predicted octanol–water partition coefficient (Wildman–Crippen LogP) is 1.44. The van der Waals surface area contributed by atoms with E-state index < -0.39 is 17.8 Å². The average Bonchev–Trinajstić information content (AvgIpc) is 2.58. The molecule has 0 unspecified atom stereocenters. The molecule has 0 atom stereocenters. The summed E-state index contributed by atoms with van der Waals surface area (Å²) in [4.78, 5) is 34.8. The first kappa shape index (κ1) is 20.8. The minimum absolute atomic E-state index is 0.0471.